The molecule has 92 valence electrons. The molecule has 1 aromatic heterocycles. The van der Waals surface area contributed by atoms with Crippen LogP contribution in [0.25, 0.3) is 0 Å². The number of amides is 1. The molecule has 0 saturated carbocycles. The average Bonchev–Trinajstić information content (AvgIpc) is 2.22. The minimum Gasteiger partial charge on any atom is -0.345 e. The first kappa shape index (κ1) is 12.0. The van der Waals surface area contributed by atoms with Gasteiger partial charge < -0.3 is 10.6 Å². The van der Waals surface area contributed by atoms with Crippen molar-refractivity contribution in [2.45, 2.75) is 32.2 Å². The van der Waals surface area contributed by atoms with Gasteiger partial charge in [-0.2, -0.15) is 0 Å². The van der Waals surface area contributed by atoms with Crippen LogP contribution in [0.1, 0.15) is 36.8 Å². The van der Waals surface area contributed by atoms with Crippen molar-refractivity contribution in [2.75, 3.05) is 13.1 Å². The third-order valence-corrected chi connectivity index (χ3v) is 2.98. The minimum absolute atomic E-state index is 0.0693. The van der Waals surface area contributed by atoms with E-state index in [9.17, 15) is 4.79 Å². The van der Waals surface area contributed by atoms with Crippen LogP contribution < -0.4 is 10.6 Å². The molecule has 17 heavy (non-hydrogen) atoms. The lowest BCUT2D eigenvalue weighted by Crippen LogP contribution is -2.57. The van der Waals surface area contributed by atoms with Gasteiger partial charge in [0, 0.05) is 19.3 Å². The van der Waals surface area contributed by atoms with E-state index in [-0.39, 0.29) is 17.4 Å². The topological polar surface area (TPSA) is 54.0 Å². The highest BCUT2D eigenvalue weighted by Crippen LogP contribution is 2.20. The summed E-state index contributed by atoms with van der Waals surface area (Å²) in [5.74, 6) is -0.0861. The van der Waals surface area contributed by atoms with Crippen molar-refractivity contribution in [2.24, 2.45) is 0 Å². The Bertz CT molecular complexity index is 402. The van der Waals surface area contributed by atoms with E-state index in [1.54, 1.807) is 12.3 Å². The first-order valence-corrected chi connectivity index (χ1v) is 5.95. The molecule has 1 amide bonds. The third kappa shape index (κ3) is 2.82. The molecular formula is C13H19N3O. The van der Waals surface area contributed by atoms with Crippen molar-refractivity contribution in [1.29, 1.82) is 0 Å². The van der Waals surface area contributed by atoms with E-state index in [4.69, 9.17) is 0 Å². The zero-order chi connectivity index (χ0) is 12.5. The highest BCUT2D eigenvalue weighted by Gasteiger charge is 2.20. The highest BCUT2D eigenvalue weighted by atomic mass is 16.2. The van der Waals surface area contributed by atoms with E-state index < -0.39 is 0 Å². The molecule has 0 atom stereocenters. The van der Waals surface area contributed by atoms with Gasteiger partial charge in [0.15, 0.2) is 0 Å². The summed E-state index contributed by atoms with van der Waals surface area (Å²) in [6.45, 7) is 8.09. The Kier molecular flexibility index (Phi) is 3.15. The quantitative estimate of drug-likeness (QED) is 0.803. The fraction of sp³-hybridized carbons (Fsp3) is 0.538. The van der Waals surface area contributed by atoms with Gasteiger partial charge in [-0.25, -0.2) is 0 Å². The van der Waals surface area contributed by atoms with Crippen LogP contribution in [-0.2, 0) is 5.41 Å². The molecule has 4 heteroatoms. The monoisotopic (exact) mass is 233 g/mol. The molecular weight excluding hydrogens is 214 g/mol. The van der Waals surface area contributed by atoms with Crippen LogP contribution in [0.2, 0.25) is 0 Å². The van der Waals surface area contributed by atoms with E-state index in [1.807, 2.05) is 6.07 Å². The smallest absolute Gasteiger partial charge is 0.270 e. The molecule has 2 N–H and O–H groups in total. The Balaban J connectivity index is 2.04. The fourth-order valence-corrected chi connectivity index (χ4v) is 1.62. The zero-order valence-electron chi connectivity index (χ0n) is 10.6. The van der Waals surface area contributed by atoms with Crippen molar-refractivity contribution in [3.8, 4) is 0 Å². The maximum atomic E-state index is 11.8. The maximum Gasteiger partial charge on any atom is 0.270 e. The Morgan fingerprint density at radius 2 is 2.12 bits per heavy atom. The van der Waals surface area contributed by atoms with Crippen molar-refractivity contribution in [3.05, 3.63) is 29.6 Å². The summed E-state index contributed by atoms with van der Waals surface area (Å²) < 4.78 is 0. The van der Waals surface area contributed by atoms with Crippen LogP contribution in [0.3, 0.4) is 0 Å². The molecule has 2 rings (SSSR count). The summed E-state index contributed by atoms with van der Waals surface area (Å²) >= 11 is 0. The van der Waals surface area contributed by atoms with Gasteiger partial charge in [-0.1, -0.05) is 26.8 Å². The van der Waals surface area contributed by atoms with Gasteiger partial charge in [0.2, 0.25) is 0 Å². The van der Waals surface area contributed by atoms with E-state index in [2.05, 4.69) is 36.4 Å². The number of carbonyl (C=O) groups excluding carboxylic acids is 1. The summed E-state index contributed by atoms with van der Waals surface area (Å²) in [6, 6.07) is 4.02. The van der Waals surface area contributed by atoms with Gasteiger partial charge in [-0.3, -0.25) is 9.78 Å². The lowest BCUT2D eigenvalue weighted by atomic mass is 9.88. The van der Waals surface area contributed by atoms with Crippen molar-refractivity contribution in [1.82, 2.24) is 15.6 Å². The fourth-order valence-electron chi connectivity index (χ4n) is 1.62. The zero-order valence-corrected chi connectivity index (χ0v) is 10.6. The van der Waals surface area contributed by atoms with Crippen LogP contribution in [0.4, 0.5) is 0 Å². The second kappa shape index (κ2) is 4.45. The molecule has 1 aliphatic heterocycles. The van der Waals surface area contributed by atoms with Gasteiger partial charge in [0.05, 0.1) is 6.04 Å². The Morgan fingerprint density at radius 1 is 1.41 bits per heavy atom. The number of hydrogen-bond donors (Lipinski definition) is 2. The van der Waals surface area contributed by atoms with Crippen LogP contribution in [0.15, 0.2) is 18.3 Å². The molecule has 2 heterocycles. The van der Waals surface area contributed by atoms with Crippen LogP contribution in [-0.4, -0.2) is 30.0 Å². The predicted octanol–water partition coefficient (Wildman–Crippen LogP) is 1.08. The lowest BCUT2D eigenvalue weighted by molar-refractivity contribution is 0.0919. The molecule has 0 bridgehead atoms. The summed E-state index contributed by atoms with van der Waals surface area (Å²) in [6.07, 6.45) is 1.79. The van der Waals surface area contributed by atoms with Crippen LogP contribution in [0, 0.1) is 0 Å². The van der Waals surface area contributed by atoms with E-state index in [0.717, 1.165) is 18.7 Å². The maximum absolute atomic E-state index is 11.8. The molecule has 1 aliphatic rings. The van der Waals surface area contributed by atoms with Crippen molar-refractivity contribution in [3.63, 3.8) is 0 Å². The van der Waals surface area contributed by atoms with Crippen LogP contribution >= 0.6 is 0 Å². The number of hydrogen-bond acceptors (Lipinski definition) is 3. The third-order valence-electron chi connectivity index (χ3n) is 2.98. The number of rotatable bonds is 2. The lowest BCUT2D eigenvalue weighted by Gasteiger charge is -2.27. The number of pyridine rings is 1. The molecule has 0 unspecified atom stereocenters. The SMILES string of the molecule is CC(C)(C)c1ccc(C(=O)NC2CNC2)nc1. The van der Waals surface area contributed by atoms with E-state index >= 15 is 0 Å². The van der Waals surface area contributed by atoms with Gasteiger partial charge >= 0.3 is 0 Å². The highest BCUT2D eigenvalue weighted by molar-refractivity contribution is 5.92. The second-order valence-electron chi connectivity index (χ2n) is 5.51. The molecule has 1 aromatic rings. The Hall–Kier alpha value is -1.42. The van der Waals surface area contributed by atoms with Gasteiger partial charge in [0.1, 0.15) is 5.69 Å². The molecule has 0 aliphatic carbocycles. The van der Waals surface area contributed by atoms with E-state index in [0.29, 0.717) is 5.69 Å². The minimum atomic E-state index is -0.0861. The summed E-state index contributed by atoms with van der Waals surface area (Å²) in [5.41, 5.74) is 1.70. The van der Waals surface area contributed by atoms with Crippen molar-refractivity contribution >= 4 is 5.91 Å². The predicted molar refractivity (Wildman–Crippen MR) is 67.1 cm³/mol. The largest absolute Gasteiger partial charge is 0.345 e. The van der Waals surface area contributed by atoms with Gasteiger partial charge in [0.25, 0.3) is 5.91 Å². The first-order valence-electron chi connectivity index (χ1n) is 5.95. The number of nitrogens with zero attached hydrogens (tertiary/aromatic N) is 1. The number of aromatic nitrogens is 1. The van der Waals surface area contributed by atoms with Crippen LogP contribution in [0.5, 0.6) is 0 Å². The normalized spacial score (nSPS) is 16.4. The Labute approximate surface area is 102 Å². The standard InChI is InChI=1S/C13H19N3O/c1-13(2,3)9-4-5-11(15-6-9)12(17)16-10-7-14-8-10/h4-6,10,14H,7-8H2,1-3H3,(H,16,17). The first-order chi connectivity index (χ1) is 7.97. The summed E-state index contributed by atoms with van der Waals surface area (Å²) in [7, 11) is 0. The Morgan fingerprint density at radius 3 is 2.53 bits per heavy atom. The molecule has 1 saturated heterocycles. The molecule has 0 spiro atoms. The second-order valence-corrected chi connectivity index (χ2v) is 5.51. The molecule has 0 aromatic carbocycles. The molecule has 0 radical (unpaired) electrons. The van der Waals surface area contributed by atoms with Crippen molar-refractivity contribution < 1.29 is 4.79 Å². The van der Waals surface area contributed by atoms with Gasteiger partial charge in [-0.05, 0) is 17.0 Å². The molecule has 4 nitrogen and oxygen atoms in total. The average molecular weight is 233 g/mol. The summed E-state index contributed by atoms with van der Waals surface area (Å²) in [4.78, 5) is 16.0. The van der Waals surface area contributed by atoms with E-state index in [1.165, 1.54) is 0 Å². The summed E-state index contributed by atoms with van der Waals surface area (Å²) in [5, 5.41) is 6.04. The van der Waals surface area contributed by atoms with Gasteiger partial charge in [-0.15, -0.1) is 0 Å². The number of nitrogens with one attached hydrogen (secondary N) is 2. The molecule has 1 fully saturated rings. The number of carbonyl (C=O) groups is 1.